The third kappa shape index (κ3) is 3.21. The third-order valence-electron chi connectivity index (χ3n) is 5.69. The standard InChI is InChI=1S/C20H24N2O3/c1-15-4-5-18(25-15)19(23)22-11-17-3-2-8-20(17,13-22)14-24-12-16-6-9-21-10-7-16/h4-7,9-10,17H,2-3,8,11-14H2,1H3/t17-,20+/m0/s1. The summed E-state index contributed by atoms with van der Waals surface area (Å²) in [6.45, 7) is 4.76. The first-order chi connectivity index (χ1) is 12.2. The number of likely N-dealkylation sites (tertiary alicyclic amines) is 1. The topological polar surface area (TPSA) is 55.6 Å². The number of carbonyl (C=O) groups is 1. The van der Waals surface area contributed by atoms with Gasteiger partial charge in [0.15, 0.2) is 5.76 Å². The monoisotopic (exact) mass is 340 g/mol. The van der Waals surface area contributed by atoms with Crippen molar-refractivity contribution in [3.8, 4) is 0 Å². The Morgan fingerprint density at radius 2 is 2.20 bits per heavy atom. The van der Waals surface area contributed by atoms with Crippen LogP contribution in [0.5, 0.6) is 0 Å². The molecule has 0 spiro atoms. The van der Waals surface area contributed by atoms with E-state index in [4.69, 9.17) is 9.15 Å². The number of rotatable bonds is 5. The van der Waals surface area contributed by atoms with E-state index in [1.807, 2.05) is 30.0 Å². The number of amides is 1. The average Bonchev–Trinajstić information content (AvgIpc) is 3.29. The van der Waals surface area contributed by atoms with E-state index in [9.17, 15) is 4.79 Å². The molecule has 3 heterocycles. The number of carbonyl (C=O) groups excluding carboxylic acids is 1. The van der Waals surface area contributed by atoms with Gasteiger partial charge in [-0.1, -0.05) is 6.42 Å². The molecule has 1 aliphatic heterocycles. The lowest BCUT2D eigenvalue weighted by molar-refractivity contribution is 0.0262. The molecule has 0 bridgehead atoms. The number of aromatic nitrogens is 1. The smallest absolute Gasteiger partial charge is 0.289 e. The summed E-state index contributed by atoms with van der Waals surface area (Å²) in [5.74, 6) is 1.77. The van der Waals surface area contributed by atoms with Crippen molar-refractivity contribution in [2.24, 2.45) is 11.3 Å². The van der Waals surface area contributed by atoms with E-state index in [-0.39, 0.29) is 11.3 Å². The molecule has 2 atom stereocenters. The molecule has 2 aliphatic rings. The van der Waals surface area contributed by atoms with Gasteiger partial charge in [0, 0.05) is 30.9 Å². The number of hydrogen-bond acceptors (Lipinski definition) is 4. The maximum Gasteiger partial charge on any atom is 0.289 e. The maximum absolute atomic E-state index is 12.7. The van der Waals surface area contributed by atoms with Crippen LogP contribution in [0.1, 0.15) is 41.1 Å². The molecule has 5 heteroatoms. The van der Waals surface area contributed by atoms with Gasteiger partial charge in [0.05, 0.1) is 13.2 Å². The Kier molecular flexibility index (Phi) is 4.34. The second kappa shape index (κ2) is 6.64. The van der Waals surface area contributed by atoms with Crippen molar-refractivity contribution >= 4 is 5.91 Å². The molecule has 2 aromatic heterocycles. The Morgan fingerprint density at radius 1 is 1.36 bits per heavy atom. The molecule has 1 aliphatic carbocycles. The first kappa shape index (κ1) is 16.3. The van der Waals surface area contributed by atoms with E-state index in [1.165, 1.54) is 12.8 Å². The summed E-state index contributed by atoms with van der Waals surface area (Å²) in [6.07, 6.45) is 7.12. The zero-order valence-corrected chi connectivity index (χ0v) is 14.6. The fourth-order valence-corrected chi connectivity index (χ4v) is 4.36. The molecule has 0 unspecified atom stereocenters. The lowest BCUT2D eigenvalue weighted by Gasteiger charge is -2.28. The van der Waals surface area contributed by atoms with E-state index < -0.39 is 0 Å². The van der Waals surface area contributed by atoms with Crippen molar-refractivity contribution in [2.45, 2.75) is 32.8 Å². The van der Waals surface area contributed by atoms with Gasteiger partial charge in [0.1, 0.15) is 5.76 Å². The molecule has 0 N–H and O–H groups in total. The lowest BCUT2D eigenvalue weighted by atomic mass is 9.81. The minimum Gasteiger partial charge on any atom is -0.456 e. The van der Waals surface area contributed by atoms with Gasteiger partial charge in [0.25, 0.3) is 5.91 Å². The fraction of sp³-hybridized carbons (Fsp3) is 0.500. The van der Waals surface area contributed by atoms with Crippen molar-refractivity contribution in [3.05, 3.63) is 53.7 Å². The Hall–Kier alpha value is -2.14. The number of hydrogen-bond donors (Lipinski definition) is 0. The number of furan rings is 1. The van der Waals surface area contributed by atoms with Gasteiger partial charge < -0.3 is 14.1 Å². The van der Waals surface area contributed by atoms with Crippen molar-refractivity contribution < 1.29 is 13.9 Å². The van der Waals surface area contributed by atoms with Crippen LogP contribution in [-0.4, -0.2) is 35.5 Å². The first-order valence-corrected chi connectivity index (χ1v) is 8.99. The Morgan fingerprint density at radius 3 is 2.96 bits per heavy atom. The highest BCUT2D eigenvalue weighted by atomic mass is 16.5. The first-order valence-electron chi connectivity index (χ1n) is 8.99. The van der Waals surface area contributed by atoms with Crippen LogP contribution in [0.15, 0.2) is 41.1 Å². The number of aryl methyl sites for hydroxylation is 1. The van der Waals surface area contributed by atoms with Crippen LogP contribution in [0.25, 0.3) is 0 Å². The summed E-state index contributed by atoms with van der Waals surface area (Å²) >= 11 is 0. The Balaban J connectivity index is 1.41. The van der Waals surface area contributed by atoms with Gasteiger partial charge in [-0.25, -0.2) is 0 Å². The zero-order chi connectivity index (χ0) is 17.3. The molecule has 132 valence electrons. The minimum absolute atomic E-state index is 0.0102. The van der Waals surface area contributed by atoms with E-state index >= 15 is 0 Å². The summed E-state index contributed by atoms with van der Waals surface area (Å²) in [5, 5.41) is 0. The lowest BCUT2D eigenvalue weighted by Crippen LogP contribution is -2.34. The third-order valence-corrected chi connectivity index (χ3v) is 5.69. The Labute approximate surface area is 148 Å². The quantitative estimate of drug-likeness (QED) is 0.837. The van der Waals surface area contributed by atoms with Crippen LogP contribution >= 0.6 is 0 Å². The predicted octanol–water partition coefficient (Wildman–Crippen LogP) is 3.44. The molecule has 1 amide bonds. The van der Waals surface area contributed by atoms with Crippen LogP contribution in [0.3, 0.4) is 0 Å². The Bertz CT molecular complexity index is 742. The molecule has 2 aromatic rings. The van der Waals surface area contributed by atoms with Gasteiger partial charge in [0.2, 0.25) is 0 Å². The van der Waals surface area contributed by atoms with Gasteiger partial charge in [-0.3, -0.25) is 9.78 Å². The van der Waals surface area contributed by atoms with Gasteiger partial charge >= 0.3 is 0 Å². The van der Waals surface area contributed by atoms with E-state index in [1.54, 1.807) is 18.5 Å². The summed E-state index contributed by atoms with van der Waals surface area (Å²) < 4.78 is 11.6. The number of fused-ring (bicyclic) bond motifs is 1. The van der Waals surface area contributed by atoms with Gasteiger partial charge in [-0.15, -0.1) is 0 Å². The van der Waals surface area contributed by atoms with Crippen LogP contribution in [0.2, 0.25) is 0 Å². The average molecular weight is 340 g/mol. The summed E-state index contributed by atoms with van der Waals surface area (Å²) in [5.41, 5.74) is 1.24. The van der Waals surface area contributed by atoms with Gasteiger partial charge in [-0.05, 0) is 55.5 Å². The molecule has 25 heavy (non-hydrogen) atoms. The number of pyridine rings is 1. The molecule has 0 aromatic carbocycles. The molecular formula is C20H24N2O3. The van der Waals surface area contributed by atoms with Crippen molar-refractivity contribution in [1.82, 2.24) is 9.88 Å². The number of ether oxygens (including phenoxy) is 1. The summed E-state index contributed by atoms with van der Waals surface area (Å²) in [7, 11) is 0. The second-order valence-corrected chi connectivity index (χ2v) is 7.40. The molecule has 4 rings (SSSR count). The predicted molar refractivity (Wildman–Crippen MR) is 93.0 cm³/mol. The normalized spacial score (nSPS) is 25.3. The minimum atomic E-state index is 0.0102. The van der Waals surface area contributed by atoms with E-state index in [0.29, 0.717) is 24.9 Å². The zero-order valence-electron chi connectivity index (χ0n) is 14.6. The maximum atomic E-state index is 12.7. The van der Waals surface area contributed by atoms with E-state index in [0.717, 1.165) is 30.8 Å². The van der Waals surface area contributed by atoms with Crippen LogP contribution in [-0.2, 0) is 11.3 Å². The second-order valence-electron chi connectivity index (χ2n) is 7.40. The van der Waals surface area contributed by atoms with Crippen molar-refractivity contribution in [1.29, 1.82) is 0 Å². The molecule has 2 fully saturated rings. The highest BCUT2D eigenvalue weighted by Crippen LogP contribution is 2.49. The van der Waals surface area contributed by atoms with E-state index in [2.05, 4.69) is 4.98 Å². The van der Waals surface area contributed by atoms with Crippen LogP contribution in [0.4, 0.5) is 0 Å². The molecule has 0 radical (unpaired) electrons. The SMILES string of the molecule is Cc1ccc(C(=O)N2C[C@@H]3CCC[C@]3(COCc3ccncc3)C2)o1. The van der Waals surface area contributed by atoms with Crippen molar-refractivity contribution in [2.75, 3.05) is 19.7 Å². The number of nitrogens with zero attached hydrogens (tertiary/aromatic N) is 2. The summed E-state index contributed by atoms with van der Waals surface area (Å²) in [6, 6.07) is 7.58. The van der Waals surface area contributed by atoms with Gasteiger partial charge in [-0.2, -0.15) is 0 Å². The molecule has 1 saturated carbocycles. The van der Waals surface area contributed by atoms with Crippen molar-refractivity contribution in [3.63, 3.8) is 0 Å². The van der Waals surface area contributed by atoms with Crippen LogP contribution in [0, 0.1) is 18.3 Å². The fourth-order valence-electron chi connectivity index (χ4n) is 4.36. The largest absolute Gasteiger partial charge is 0.456 e. The highest BCUT2D eigenvalue weighted by molar-refractivity contribution is 5.91. The highest BCUT2D eigenvalue weighted by Gasteiger charge is 2.51. The molecular weight excluding hydrogens is 316 g/mol. The van der Waals surface area contributed by atoms with Crippen LogP contribution < -0.4 is 0 Å². The molecule has 1 saturated heterocycles. The summed E-state index contributed by atoms with van der Waals surface area (Å²) in [4.78, 5) is 18.7. The molecule has 5 nitrogen and oxygen atoms in total.